The van der Waals surface area contributed by atoms with Crippen molar-refractivity contribution in [3.8, 4) is 0 Å². The maximum absolute atomic E-state index is 11.1. The number of sulfonamides is 1. The van der Waals surface area contributed by atoms with Gasteiger partial charge in [0.25, 0.3) is 0 Å². The van der Waals surface area contributed by atoms with Gasteiger partial charge in [-0.1, -0.05) is 6.58 Å². The van der Waals surface area contributed by atoms with Gasteiger partial charge in [-0.3, -0.25) is 0 Å². The molecular formula is C12H23NO6S. The van der Waals surface area contributed by atoms with Crippen molar-refractivity contribution >= 4 is 16.0 Å². The summed E-state index contributed by atoms with van der Waals surface area (Å²) in [5.41, 5.74) is 0.350. The first-order valence-corrected chi connectivity index (χ1v) is 7.99. The maximum Gasteiger partial charge on any atom is 0.333 e. The monoisotopic (exact) mass is 309 g/mol. The molecule has 0 heterocycles. The van der Waals surface area contributed by atoms with Gasteiger partial charge in [0.2, 0.25) is 10.0 Å². The minimum atomic E-state index is -3.16. The van der Waals surface area contributed by atoms with E-state index in [4.69, 9.17) is 14.2 Å². The number of hydrogen-bond donors (Lipinski definition) is 0. The van der Waals surface area contributed by atoms with Crippen LogP contribution >= 0.6 is 0 Å². The smallest absolute Gasteiger partial charge is 0.333 e. The molecule has 0 aromatic heterocycles. The first kappa shape index (κ1) is 19.0. The highest BCUT2D eigenvalue weighted by Gasteiger charge is 2.09. The fourth-order valence-electron chi connectivity index (χ4n) is 0.997. The van der Waals surface area contributed by atoms with E-state index in [0.29, 0.717) is 31.9 Å². The number of hydrogen-bond acceptors (Lipinski definition) is 6. The number of carbonyl (C=O) groups excluding carboxylic acids is 1. The normalized spacial score (nSPS) is 11.6. The topological polar surface area (TPSA) is 82.1 Å². The summed E-state index contributed by atoms with van der Waals surface area (Å²) in [6.45, 7) is 6.79. The Morgan fingerprint density at radius 2 is 1.60 bits per heavy atom. The predicted octanol–water partition coefficient (Wildman–Crippen LogP) is 0.0303. The van der Waals surface area contributed by atoms with Crippen molar-refractivity contribution in [1.29, 1.82) is 0 Å². The molecule has 0 rings (SSSR count). The van der Waals surface area contributed by atoms with E-state index in [1.54, 1.807) is 6.92 Å². The molecule has 0 N–H and O–H groups in total. The molecule has 0 aromatic carbocycles. The van der Waals surface area contributed by atoms with Crippen molar-refractivity contribution in [2.75, 3.05) is 52.9 Å². The highest BCUT2D eigenvalue weighted by Crippen LogP contribution is 1.93. The second-order valence-electron chi connectivity index (χ2n) is 4.23. The van der Waals surface area contributed by atoms with Crippen molar-refractivity contribution in [3.63, 3.8) is 0 Å². The number of carbonyl (C=O) groups is 1. The van der Waals surface area contributed by atoms with Crippen LogP contribution in [0.2, 0.25) is 0 Å². The summed E-state index contributed by atoms with van der Waals surface area (Å²) < 4.78 is 38.6. The van der Waals surface area contributed by atoms with E-state index in [9.17, 15) is 13.2 Å². The van der Waals surface area contributed by atoms with Gasteiger partial charge in [0, 0.05) is 19.2 Å². The summed E-state index contributed by atoms with van der Waals surface area (Å²) in [5, 5.41) is 0. The van der Waals surface area contributed by atoms with Crippen molar-refractivity contribution in [2.24, 2.45) is 0 Å². The van der Waals surface area contributed by atoms with Crippen LogP contribution in [0.1, 0.15) is 6.92 Å². The van der Waals surface area contributed by atoms with Crippen LogP contribution in [0.3, 0.4) is 0 Å². The van der Waals surface area contributed by atoms with Crippen LogP contribution in [0, 0.1) is 0 Å². The largest absolute Gasteiger partial charge is 0.460 e. The lowest BCUT2D eigenvalue weighted by Gasteiger charge is -2.13. The molecule has 0 saturated carbocycles. The molecule has 0 bridgehead atoms. The summed E-state index contributed by atoms with van der Waals surface area (Å²) >= 11 is 0. The third-order valence-corrected chi connectivity index (χ3v) is 3.61. The number of esters is 1. The molecule has 0 aliphatic carbocycles. The number of rotatable bonds is 11. The SMILES string of the molecule is C=C(C)C(=O)OCCOCCOCCN(C)S(C)(=O)=O. The molecule has 8 heteroatoms. The summed E-state index contributed by atoms with van der Waals surface area (Å²) in [4.78, 5) is 11.0. The van der Waals surface area contributed by atoms with Crippen LogP contribution < -0.4 is 0 Å². The number of likely N-dealkylation sites (N-methyl/N-ethyl adjacent to an activating group) is 1. The lowest BCUT2D eigenvalue weighted by atomic mass is 10.4. The van der Waals surface area contributed by atoms with E-state index >= 15 is 0 Å². The van der Waals surface area contributed by atoms with Gasteiger partial charge in [0.05, 0.1) is 32.7 Å². The Labute approximate surface area is 120 Å². The van der Waals surface area contributed by atoms with E-state index in [-0.39, 0.29) is 13.2 Å². The Morgan fingerprint density at radius 3 is 2.10 bits per heavy atom. The Balaban J connectivity index is 3.38. The van der Waals surface area contributed by atoms with Crippen molar-refractivity contribution in [1.82, 2.24) is 4.31 Å². The Hall–Kier alpha value is -0.960. The highest BCUT2D eigenvalue weighted by atomic mass is 32.2. The van der Waals surface area contributed by atoms with Gasteiger partial charge in [-0.2, -0.15) is 0 Å². The lowest BCUT2D eigenvalue weighted by Crippen LogP contribution is -2.29. The molecular weight excluding hydrogens is 286 g/mol. The minimum absolute atomic E-state index is 0.169. The van der Waals surface area contributed by atoms with Gasteiger partial charge in [0.1, 0.15) is 6.61 Å². The van der Waals surface area contributed by atoms with Gasteiger partial charge in [-0.05, 0) is 6.92 Å². The molecule has 7 nitrogen and oxygen atoms in total. The van der Waals surface area contributed by atoms with E-state index in [1.807, 2.05) is 0 Å². The van der Waals surface area contributed by atoms with Crippen molar-refractivity contribution < 1.29 is 27.4 Å². The maximum atomic E-state index is 11.1. The van der Waals surface area contributed by atoms with E-state index in [0.717, 1.165) is 6.26 Å². The van der Waals surface area contributed by atoms with Crippen LogP contribution in [0.25, 0.3) is 0 Å². The minimum Gasteiger partial charge on any atom is -0.460 e. The summed E-state index contributed by atoms with van der Waals surface area (Å²) in [5.74, 6) is -0.436. The molecule has 0 aliphatic heterocycles. The zero-order chi connectivity index (χ0) is 15.6. The second-order valence-corrected chi connectivity index (χ2v) is 6.31. The average Bonchev–Trinajstić information content (AvgIpc) is 2.34. The fraction of sp³-hybridized carbons (Fsp3) is 0.750. The molecule has 118 valence electrons. The number of ether oxygens (including phenoxy) is 3. The average molecular weight is 309 g/mol. The molecule has 0 saturated heterocycles. The Bertz CT molecular complexity index is 406. The summed E-state index contributed by atoms with van der Waals surface area (Å²) in [6, 6.07) is 0. The van der Waals surface area contributed by atoms with Crippen molar-refractivity contribution in [2.45, 2.75) is 6.92 Å². The molecule has 0 unspecified atom stereocenters. The Kier molecular flexibility index (Phi) is 9.39. The molecule has 0 amide bonds. The van der Waals surface area contributed by atoms with Crippen LogP contribution in [0.5, 0.6) is 0 Å². The third-order valence-electron chi connectivity index (χ3n) is 2.30. The molecule has 0 fully saturated rings. The first-order valence-electron chi connectivity index (χ1n) is 6.14. The van der Waals surface area contributed by atoms with Gasteiger partial charge >= 0.3 is 5.97 Å². The van der Waals surface area contributed by atoms with E-state index in [1.165, 1.54) is 11.4 Å². The van der Waals surface area contributed by atoms with Crippen molar-refractivity contribution in [3.05, 3.63) is 12.2 Å². The van der Waals surface area contributed by atoms with E-state index in [2.05, 4.69) is 6.58 Å². The molecule has 20 heavy (non-hydrogen) atoms. The molecule has 0 atom stereocenters. The quantitative estimate of drug-likeness (QED) is 0.304. The standard InChI is InChI=1S/C12H23NO6S/c1-11(2)12(14)19-10-9-18-8-7-17-6-5-13(3)20(4,15)16/h1,5-10H2,2-4H3. The lowest BCUT2D eigenvalue weighted by molar-refractivity contribution is -0.140. The molecule has 0 radical (unpaired) electrons. The Morgan fingerprint density at radius 1 is 1.10 bits per heavy atom. The molecule has 0 spiro atoms. The van der Waals surface area contributed by atoms with Gasteiger partial charge in [-0.25, -0.2) is 17.5 Å². The number of nitrogens with zero attached hydrogens (tertiary/aromatic N) is 1. The van der Waals surface area contributed by atoms with Crippen LogP contribution in [0.4, 0.5) is 0 Å². The second kappa shape index (κ2) is 9.87. The van der Waals surface area contributed by atoms with Gasteiger partial charge < -0.3 is 14.2 Å². The van der Waals surface area contributed by atoms with Gasteiger partial charge in [-0.15, -0.1) is 0 Å². The molecule has 0 aliphatic rings. The van der Waals surface area contributed by atoms with E-state index < -0.39 is 16.0 Å². The predicted molar refractivity (Wildman–Crippen MR) is 74.9 cm³/mol. The molecule has 0 aromatic rings. The highest BCUT2D eigenvalue weighted by molar-refractivity contribution is 7.88. The zero-order valence-electron chi connectivity index (χ0n) is 12.3. The third kappa shape index (κ3) is 9.90. The fourth-order valence-corrected chi connectivity index (χ4v) is 1.40. The van der Waals surface area contributed by atoms with Crippen LogP contribution in [0.15, 0.2) is 12.2 Å². The van der Waals surface area contributed by atoms with Gasteiger partial charge in [0.15, 0.2) is 0 Å². The zero-order valence-corrected chi connectivity index (χ0v) is 13.1. The summed E-state index contributed by atoms with van der Waals surface area (Å²) in [6.07, 6.45) is 1.14. The van der Waals surface area contributed by atoms with Crippen LogP contribution in [-0.2, 0) is 29.0 Å². The van der Waals surface area contributed by atoms with Crippen LogP contribution in [-0.4, -0.2) is 71.6 Å². The first-order chi connectivity index (χ1) is 9.25. The summed E-state index contributed by atoms with van der Waals surface area (Å²) in [7, 11) is -1.67.